The van der Waals surface area contributed by atoms with Gasteiger partial charge in [0, 0.05) is 45.4 Å². The lowest BCUT2D eigenvalue weighted by atomic mass is 10.0. The van der Waals surface area contributed by atoms with Crippen molar-refractivity contribution in [2.45, 2.75) is 32.5 Å². The zero-order valence-electron chi connectivity index (χ0n) is 17.2. The molecule has 0 unspecified atom stereocenters. The lowest BCUT2D eigenvalue weighted by Crippen LogP contribution is -2.52. The van der Waals surface area contributed by atoms with E-state index >= 15 is 0 Å². The van der Waals surface area contributed by atoms with Crippen molar-refractivity contribution in [3.8, 4) is 11.5 Å². The third-order valence-corrected chi connectivity index (χ3v) is 5.54. The molecular weight excluding hydrogens is 352 g/mol. The Balaban J connectivity index is 1.64. The highest BCUT2D eigenvalue weighted by atomic mass is 16.5. The molecule has 0 aromatic heterocycles. The number of methoxy groups -OCH3 is 2. The van der Waals surface area contributed by atoms with Gasteiger partial charge in [0.2, 0.25) is 0 Å². The van der Waals surface area contributed by atoms with Crippen molar-refractivity contribution in [2.24, 2.45) is 0 Å². The Hall–Kier alpha value is -2.08. The van der Waals surface area contributed by atoms with E-state index in [0.29, 0.717) is 6.04 Å². The summed E-state index contributed by atoms with van der Waals surface area (Å²) in [6.07, 6.45) is 0.795. The molecule has 0 spiro atoms. The van der Waals surface area contributed by atoms with Crippen LogP contribution in [0.1, 0.15) is 23.1 Å². The van der Waals surface area contributed by atoms with Crippen LogP contribution in [0, 0.1) is 6.92 Å². The van der Waals surface area contributed by atoms with Crippen LogP contribution < -0.4 is 9.47 Å². The van der Waals surface area contributed by atoms with E-state index in [1.807, 2.05) is 18.2 Å². The summed E-state index contributed by atoms with van der Waals surface area (Å²) in [7, 11) is 3.41. The fourth-order valence-electron chi connectivity index (χ4n) is 4.03. The molecule has 5 heteroatoms. The maximum Gasteiger partial charge on any atom is 0.121 e. The van der Waals surface area contributed by atoms with Gasteiger partial charge in [-0.25, -0.2) is 0 Å². The standard InChI is InChI=1S/C23H32N2O3/c1-18-13-20(7-8-23(18)28-3)16-25-11-10-24(17-21(25)9-12-26)15-19-5-4-6-22(14-19)27-2/h4-8,13-14,21,26H,9-12,15-17H2,1-3H3/t21-/m0/s1. The highest BCUT2D eigenvalue weighted by molar-refractivity contribution is 5.36. The maximum absolute atomic E-state index is 9.58. The van der Waals surface area contributed by atoms with Crippen LogP contribution in [0.25, 0.3) is 0 Å². The van der Waals surface area contributed by atoms with Gasteiger partial charge in [-0.2, -0.15) is 0 Å². The van der Waals surface area contributed by atoms with Crippen molar-refractivity contribution in [2.75, 3.05) is 40.5 Å². The molecule has 0 bridgehead atoms. The van der Waals surface area contributed by atoms with E-state index in [2.05, 4.69) is 41.0 Å². The summed E-state index contributed by atoms with van der Waals surface area (Å²) in [6, 6.07) is 15.0. The largest absolute Gasteiger partial charge is 0.497 e. The summed E-state index contributed by atoms with van der Waals surface area (Å²) in [6.45, 7) is 7.10. The summed E-state index contributed by atoms with van der Waals surface area (Å²) in [5.74, 6) is 1.83. The van der Waals surface area contributed by atoms with Gasteiger partial charge in [0.15, 0.2) is 0 Å². The van der Waals surface area contributed by atoms with Gasteiger partial charge in [-0.1, -0.05) is 24.3 Å². The van der Waals surface area contributed by atoms with Crippen LogP contribution in [0.15, 0.2) is 42.5 Å². The Kier molecular flexibility index (Phi) is 7.31. The minimum Gasteiger partial charge on any atom is -0.497 e. The second kappa shape index (κ2) is 9.92. The average molecular weight is 385 g/mol. The van der Waals surface area contributed by atoms with Crippen molar-refractivity contribution in [3.05, 3.63) is 59.2 Å². The second-order valence-corrected chi connectivity index (χ2v) is 7.53. The molecule has 152 valence electrons. The smallest absolute Gasteiger partial charge is 0.121 e. The van der Waals surface area contributed by atoms with E-state index in [1.165, 1.54) is 11.1 Å². The van der Waals surface area contributed by atoms with Gasteiger partial charge in [-0.3, -0.25) is 9.80 Å². The first kappa shape index (κ1) is 20.6. The molecule has 1 atom stereocenters. The molecule has 2 aromatic carbocycles. The molecule has 0 aliphatic carbocycles. The number of hydrogen-bond acceptors (Lipinski definition) is 5. The Morgan fingerprint density at radius 1 is 1.00 bits per heavy atom. The van der Waals surface area contributed by atoms with Crippen LogP contribution >= 0.6 is 0 Å². The highest BCUT2D eigenvalue weighted by Crippen LogP contribution is 2.23. The van der Waals surface area contributed by atoms with Gasteiger partial charge in [0.05, 0.1) is 14.2 Å². The molecule has 1 aliphatic rings. The molecule has 0 amide bonds. The van der Waals surface area contributed by atoms with Crippen molar-refractivity contribution in [1.29, 1.82) is 0 Å². The number of piperazine rings is 1. The third kappa shape index (κ3) is 5.25. The Morgan fingerprint density at radius 2 is 1.82 bits per heavy atom. The Morgan fingerprint density at radius 3 is 2.54 bits per heavy atom. The van der Waals surface area contributed by atoms with Crippen LogP contribution in [0.5, 0.6) is 11.5 Å². The normalized spacial score (nSPS) is 18.2. The second-order valence-electron chi connectivity index (χ2n) is 7.53. The van der Waals surface area contributed by atoms with E-state index in [9.17, 15) is 5.11 Å². The van der Waals surface area contributed by atoms with Gasteiger partial charge < -0.3 is 14.6 Å². The van der Waals surface area contributed by atoms with Crippen LogP contribution in [0.3, 0.4) is 0 Å². The number of nitrogens with zero attached hydrogens (tertiary/aromatic N) is 2. The van der Waals surface area contributed by atoms with E-state index in [-0.39, 0.29) is 6.61 Å². The number of rotatable bonds is 8. The molecule has 1 heterocycles. The van der Waals surface area contributed by atoms with Gasteiger partial charge in [0.25, 0.3) is 0 Å². The van der Waals surface area contributed by atoms with Crippen LogP contribution in [0.2, 0.25) is 0 Å². The van der Waals surface area contributed by atoms with Crippen molar-refractivity contribution < 1.29 is 14.6 Å². The third-order valence-electron chi connectivity index (χ3n) is 5.54. The molecule has 28 heavy (non-hydrogen) atoms. The molecule has 1 fully saturated rings. The van der Waals surface area contributed by atoms with Gasteiger partial charge >= 0.3 is 0 Å². The number of benzene rings is 2. The monoisotopic (exact) mass is 384 g/mol. The first-order valence-corrected chi connectivity index (χ1v) is 9.96. The summed E-state index contributed by atoms with van der Waals surface area (Å²) in [5.41, 5.74) is 3.72. The molecule has 1 aliphatic heterocycles. The highest BCUT2D eigenvalue weighted by Gasteiger charge is 2.26. The SMILES string of the molecule is COc1cccc(CN2CCN(Cc3ccc(OC)c(C)c3)[C@@H](CCO)C2)c1. The minimum atomic E-state index is 0.218. The predicted octanol–water partition coefficient (Wildman–Crippen LogP) is 3.08. The number of ether oxygens (including phenoxy) is 2. The predicted molar refractivity (Wildman–Crippen MR) is 112 cm³/mol. The summed E-state index contributed by atoms with van der Waals surface area (Å²) in [4.78, 5) is 4.98. The molecule has 3 rings (SSSR count). The number of aryl methyl sites for hydroxylation is 1. The average Bonchev–Trinajstić information content (AvgIpc) is 2.70. The molecule has 0 radical (unpaired) electrons. The molecular formula is C23H32N2O3. The zero-order valence-corrected chi connectivity index (χ0v) is 17.2. The molecule has 2 aromatic rings. The van der Waals surface area contributed by atoms with Gasteiger partial charge in [0.1, 0.15) is 11.5 Å². The number of aliphatic hydroxyl groups is 1. The van der Waals surface area contributed by atoms with E-state index in [1.54, 1.807) is 14.2 Å². The first-order chi connectivity index (χ1) is 13.6. The summed E-state index contributed by atoms with van der Waals surface area (Å²) >= 11 is 0. The lowest BCUT2D eigenvalue weighted by molar-refractivity contribution is 0.0499. The quantitative estimate of drug-likeness (QED) is 0.758. The number of hydrogen-bond donors (Lipinski definition) is 1. The van der Waals surface area contributed by atoms with E-state index in [4.69, 9.17) is 9.47 Å². The van der Waals surface area contributed by atoms with E-state index < -0.39 is 0 Å². The van der Waals surface area contributed by atoms with Crippen LogP contribution in [0.4, 0.5) is 0 Å². The number of aliphatic hydroxyl groups excluding tert-OH is 1. The Labute approximate surface area is 168 Å². The summed E-state index contributed by atoms with van der Waals surface area (Å²) < 4.78 is 10.7. The minimum absolute atomic E-state index is 0.218. The maximum atomic E-state index is 9.58. The molecule has 1 saturated heterocycles. The van der Waals surface area contributed by atoms with Crippen molar-refractivity contribution in [3.63, 3.8) is 0 Å². The first-order valence-electron chi connectivity index (χ1n) is 9.96. The topological polar surface area (TPSA) is 45.2 Å². The van der Waals surface area contributed by atoms with Crippen molar-refractivity contribution in [1.82, 2.24) is 9.80 Å². The summed E-state index contributed by atoms with van der Waals surface area (Å²) in [5, 5.41) is 9.58. The van der Waals surface area contributed by atoms with Crippen molar-refractivity contribution >= 4 is 0 Å². The van der Waals surface area contributed by atoms with E-state index in [0.717, 1.165) is 56.2 Å². The van der Waals surface area contributed by atoms with Gasteiger partial charge in [-0.15, -0.1) is 0 Å². The lowest BCUT2D eigenvalue weighted by Gasteiger charge is -2.41. The Bertz CT molecular complexity index is 765. The molecule has 1 N–H and O–H groups in total. The fraction of sp³-hybridized carbons (Fsp3) is 0.478. The zero-order chi connectivity index (χ0) is 19.9. The van der Waals surface area contributed by atoms with Gasteiger partial charge in [-0.05, 0) is 48.2 Å². The molecule has 5 nitrogen and oxygen atoms in total. The fourth-order valence-corrected chi connectivity index (χ4v) is 4.03. The van der Waals surface area contributed by atoms with Crippen LogP contribution in [-0.4, -0.2) is 61.4 Å². The van der Waals surface area contributed by atoms with Crippen LogP contribution in [-0.2, 0) is 13.1 Å². The molecule has 0 saturated carbocycles.